The van der Waals surface area contributed by atoms with Crippen molar-refractivity contribution < 1.29 is 32.2 Å². The van der Waals surface area contributed by atoms with E-state index < -0.39 is 29.2 Å². The predicted molar refractivity (Wildman–Crippen MR) is 161 cm³/mol. The average Bonchev–Trinajstić information content (AvgIpc) is 2.96. The van der Waals surface area contributed by atoms with Crippen LogP contribution in [0.25, 0.3) is 0 Å². The molecular formula is C33H39F3N4O4. The Kier molecular flexibility index (Phi) is 10.2. The molecule has 1 aliphatic rings. The van der Waals surface area contributed by atoms with Crippen LogP contribution < -0.4 is 5.32 Å². The van der Waals surface area contributed by atoms with Crippen LogP contribution in [0, 0.1) is 6.92 Å². The van der Waals surface area contributed by atoms with Gasteiger partial charge in [-0.1, -0.05) is 36.4 Å². The van der Waals surface area contributed by atoms with E-state index in [1.807, 2.05) is 52.0 Å². The molecule has 0 radical (unpaired) electrons. The molecule has 0 bridgehead atoms. The number of aryl methyl sites for hydroxylation is 1. The first-order valence-corrected chi connectivity index (χ1v) is 14.6. The van der Waals surface area contributed by atoms with Gasteiger partial charge in [0.15, 0.2) is 0 Å². The number of nitrogens with zero attached hydrogens (tertiary/aromatic N) is 3. The summed E-state index contributed by atoms with van der Waals surface area (Å²) in [5, 5.41) is 3.05. The second-order valence-electron chi connectivity index (χ2n) is 12.1. The van der Waals surface area contributed by atoms with Crippen molar-refractivity contribution in [2.45, 2.75) is 77.0 Å². The molecule has 1 fully saturated rings. The fourth-order valence-electron chi connectivity index (χ4n) is 5.47. The number of hydrogen-bond acceptors (Lipinski definition) is 7. The lowest BCUT2D eigenvalue weighted by molar-refractivity contribution is -0.143. The Morgan fingerprint density at radius 3 is 2.34 bits per heavy atom. The van der Waals surface area contributed by atoms with Gasteiger partial charge >= 0.3 is 18.2 Å². The van der Waals surface area contributed by atoms with E-state index >= 15 is 0 Å². The number of aromatic nitrogens is 2. The Morgan fingerprint density at radius 2 is 1.75 bits per heavy atom. The minimum absolute atomic E-state index is 0.00579. The molecule has 1 aromatic heterocycles. The molecule has 2 heterocycles. The molecule has 236 valence electrons. The van der Waals surface area contributed by atoms with Crippen LogP contribution in [0.2, 0.25) is 0 Å². The number of piperidine rings is 1. The summed E-state index contributed by atoms with van der Waals surface area (Å²) in [6.07, 6.45) is -2.78. The molecule has 11 heteroatoms. The van der Waals surface area contributed by atoms with Gasteiger partial charge in [-0.05, 0) is 81.7 Å². The van der Waals surface area contributed by atoms with Gasteiger partial charge in [-0.2, -0.15) is 13.2 Å². The minimum atomic E-state index is -4.71. The molecule has 0 aliphatic carbocycles. The molecule has 1 saturated heterocycles. The van der Waals surface area contributed by atoms with Gasteiger partial charge in [-0.3, -0.25) is 4.79 Å². The Morgan fingerprint density at radius 1 is 1.07 bits per heavy atom. The number of carbonyl (C=O) groups is 2. The molecule has 4 rings (SSSR count). The lowest BCUT2D eigenvalue weighted by Crippen LogP contribution is -2.41. The van der Waals surface area contributed by atoms with Gasteiger partial charge in [0.05, 0.1) is 24.8 Å². The third-order valence-corrected chi connectivity index (χ3v) is 7.59. The van der Waals surface area contributed by atoms with Crippen molar-refractivity contribution in [3.8, 4) is 0 Å². The first-order valence-electron chi connectivity index (χ1n) is 14.6. The molecule has 0 saturated carbocycles. The van der Waals surface area contributed by atoms with E-state index in [-0.39, 0.29) is 36.5 Å². The predicted octanol–water partition coefficient (Wildman–Crippen LogP) is 7.55. The largest absolute Gasteiger partial charge is 0.469 e. The highest BCUT2D eigenvalue weighted by Gasteiger charge is 2.38. The van der Waals surface area contributed by atoms with E-state index in [9.17, 15) is 22.8 Å². The second kappa shape index (κ2) is 13.7. The topological polar surface area (TPSA) is 93.7 Å². The van der Waals surface area contributed by atoms with Crippen molar-refractivity contribution >= 4 is 23.7 Å². The van der Waals surface area contributed by atoms with Crippen LogP contribution in [0.4, 0.5) is 29.6 Å². The number of ether oxygens (including phenoxy) is 2. The molecule has 0 spiro atoms. The van der Waals surface area contributed by atoms with Crippen LogP contribution in [0.15, 0.2) is 54.7 Å². The summed E-state index contributed by atoms with van der Waals surface area (Å²) >= 11 is 0. The third-order valence-electron chi connectivity index (χ3n) is 7.59. The summed E-state index contributed by atoms with van der Waals surface area (Å²) in [4.78, 5) is 34.7. The Bertz CT molecular complexity index is 1450. The highest BCUT2D eigenvalue weighted by atomic mass is 19.4. The highest BCUT2D eigenvalue weighted by Crippen LogP contribution is 2.38. The van der Waals surface area contributed by atoms with Crippen LogP contribution in [0.3, 0.4) is 0 Å². The Hall–Kier alpha value is -4.15. The number of benzene rings is 2. The van der Waals surface area contributed by atoms with Crippen molar-refractivity contribution in [1.82, 2.24) is 14.9 Å². The molecule has 2 aromatic carbocycles. The maximum Gasteiger partial charge on any atom is 0.419 e. The average molecular weight is 613 g/mol. The summed E-state index contributed by atoms with van der Waals surface area (Å²) < 4.78 is 52.6. The van der Waals surface area contributed by atoms with Gasteiger partial charge in [-0.25, -0.2) is 14.8 Å². The van der Waals surface area contributed by atoms with E-state index in [0.29, 0.717) is 18.8 Å². The maximum absolute atomic E-state index is 14.1. The number of rotatable bonds is 8. The number of anilines is 2. The van der Waals surface area contributed by atoms with E-state index in [0.717, 1.165) is 35.7 Å². The van der Waals surface area contributed by atoms with Gasteiger partial charge in [0, 0.05) is 30.9 Å². The normalized spacial score (nSPS) is 15.0. The summed E-state index contributed by atoms with van der Waals surface area (Å²) in [7, 11) is 1.20. The zero-order valence-electron chi connectivity index (χ0n) is 25.7. The van der Waals surface area contributed by atoms with Gasteiger partial charge in [0.1, 0.15) is 5.60 Å². The molecule has 44 heavy (non-hydrogen) atoms. The van der Waals surface area contributed by atoms with Crippen LogP contribution in [-0.4, -0.2) is 52.7 Å². The number of alkyl halides is 3. The Labute approximate surface area is 256 Å². The smallest absolute Gasteiger partial charge is 0.419 e. The van der Waals surface area contributed by atoms with Crippen molar-refractivity contribution in [2.24, 2.45) is 0 Å². The number of amides is 1. The summed E-state index contributed by atoms with van der Waals surface area (Å²) in [5.74, 6) is -1.27. The highest BCUT2D eigenvalue weighted by molar-refractivity contribution is 5.70. The van der Waals surface area contributed by atoms with E-state index in [4.69, 9.17) is 9.47 Å². The number of methoxy groups -OCH3 is 1. The molecule has 8 nitrogen and oxygen atoms in total. The molecule has 1 aliphatic heterocycles. The minimum Gasteiger partial charge on any atom is -0.469 e. The molecule has 1 unspecified atom stereocenters. The quantitative estimate of drug-likeness (QED) is 0.263. The first-order chi connectivity index (χ1) is 20.7. The fourth-order valence-corrected chi connectivity index (χ4v) is 5.47. The van der Waals surface area contributed by atoms with Crippen molar-refractivity contribution in [3.05, 3.63) is 82.7 Å². The molecule has 3 aromatic rings. The molecule has 1 atom stereocenters. The number of carbonyl (C=O) groups excluding carboxylic acids is 2. The van der Waals surface area contributed by atoms with E-state index in [1.165, 1.54) is 7.11 Å². The van der Waals surface area contributed by atoms with Crippen molar-refractivity contribution in [1.29, 1.82) is 0 Å². The summed E-state index contributed by atoms with van der Waals surface area (Å²) in [6, 6.07) is 14.7. The van der Waals surface area contributed by atoms with Gasteiger partial charge in [0.2, 0.25) is 5.95 Å². The number of esters is 1. The number of nitrogens with one attached hydrogen (secondary N) is 1. The fraction of sp³-hybridized carbons (Fsp3) is 0.455. The SMILES string of the molecule is COC(=O)CC(Cc1ccccc1)c1nc(Nc2ccc(C3CCN(C(=O)OC(C)(C)C)CC3)c(C)c2)ncc1C(F)(F)F. The lowest BCUT2D eigenvalue weighted by Gasteiger charge is -2.34. The molecule has 1 amide bonds. The zero-order valence-corrected chi connectivity index (χ0v) is 25.7. The summed E-state index contributed by atoms with van der Waals surface area (Å²) in [5.41, 5.74) is 1.74. The first kappa shape index (κ1) is 32.8. The van der Waals surface area contributed by atoms with Crippen LogP contribution in [0.1, 0.15) is 79.8 Å². The molecule has 1 N–H and O–H groups in total. The monoisotopic (exact) mass is 612 g/mol. The lowest BCUT2D eigenvalue weighted by atomic mass is 9.87. The van der Waals surface area contributed by atoms with Crippen LogP contribution in [-0.2, 0) is 26.9 Å². The van der Waals surface area contributed by atoms with E-state index in [1.54, 1.807) is 29.2 Å². The van der Waals surface area contributed by atoms with Gasteiger partial charge < -0.3 is 19.7 Å². The van der Waals surface area contributed by atoms with E-state index in [2.05, 4.69) is 15.3 Å². The summed E-state index contributed by atoms with van der Waals surface area (Å²) in [6.45, 7) is 8.70. The van der Waals surface area contributed by atoms with Crippen LogP contribution >= 0.6 is 0 Å². The number of halogens is 3. The number of likely N-dealkylation sites (tertiary alicyclic amines) is 1. The zero-order chi connectivity index (χ0) is 32.1. The van der Waals surface area contributed by atoms with Crippen molar-refractivity contribution in [2.75, 3.05) is 25.5 Å². The van der Waals surface area contributed by atoms with Gasteiger partial charge in [0.25, 0.3) is 0 Å². The third kappa shape index (κ3) is 8.70. The molecular weight excluding hydrogens is 573 g/mol. The van der Waals surface area contributed by atoms with Crippen molar-refractivity contribution in [3.63, 3.8) is 0 Å². The second-order valence-corrected chi connectivity index (χ2v) is 12.1. The standard InChI is InChI=1S/C33H39F3N4O4/c1-21-17-25(11-12-26(21)23-13-15-40(16-14-23)31(42)44-32(2,3)4)38-30-37-20-27(33(34,35)36)29(39-30)24(19-28(41)43-5)18-22-9-7-6-8-10-22/h6-12,17,20,23-24H,13-16,18-19H2,1-5H3,(H,37,38,39). The Balaban J connectivity index is 1.54. The van der Waals surface area contributed by atoms with Gasteiger partial charge in [-0.15, -0.1) is 0 Å². The number of hydrogen-bond donors (Lipinski definition) is 1. The maximum atomic E-state index is 14.1. The van der Waals surface area contributed by atoms with Crippen LogP contribution in [0.5, 0.6) is 0 Å².